The van der Waals surface area contributed by atoms with Crippen LogP contribution in [0, 0.1) is 0 Å². The van der Waals surface area contributed by atoms with Gasteiger partial charge >= 0.3 is 0 Å². The number of rotatable bonds is 5. The van der Waals surface area contributed by atoms with E-state index in [1.165, 1.54) is 11.8 Å². The van der Waals surface area contributed by atoms with Gasteiger partial charge in [0.25, 0.3) is 0 Å². The molecule has 2 nitrogen and oxygen atoms in total. The van der Waals surface area contributed by atoms with Crippen molar-refractivity contribution in [2.45, 2.75) is 6.42 Å². The summed E-state index contributed by atoms with van der Waals surface area (Å²) in [4.78, 5) is 11.8. The number of hydrogen-bond donors (Lipinski definition) is 0. The molecule has 0 fully saturated rings. The minimum atomic E-state index is 0.0157. The summed E-state index contributed by atoms with van der Waals surface area (Å²) in [5.41, 5.74) is 0.646. The van der Waals surface area contributed by atoms with E-state index in [4.69, 9.17) is 17.0 Å². The third kappa shape index (κ3) is 3.79. The van der Waals surface area contributed by atoms with Crippen molar-refractivity contribution in [2.75, 3.05) is 7.11 Å². The lowest BCUT2D eigenvalue weighted by Crippen LogP contribution is -2.03. The fraction of sp³-hybridized carbons (Fsp3) is 0.167. The largest absolute Gasteiger partial charge is 0.497 e. The Labute approximate surface area is 105 Å². The van der Waals surface area contributed by atoms with Crippen molar-refractivity contribution in [1.82, 2.24) is 0 Å². The summed E-state index contributed by atoms with van der Waals surface area (Å²) in [7, 11) is 1.59. The van der Waals surface area contributed by atoms with Gasteiger partial charge in [-0.15, -0.1) is 0 Å². The second-order valence-corrected chi connectivity index (χ2v) is 4.80. The van der Waals surface area contributed by atoms with E-state index < -0.39 is 0 Å². The Morgan fingerprint density at radius 3 is 2.62 bits per heavy atom. The van der Waals surface area contributed by atoms with Gasteiger partial charge in [0.15, 0.2) is 5.78 Å². The van der Waals surface area contributed by atoms with E-state index in [9.17, 15) is 4.79 Å². The first-order valence-electron chi connectivity index (χ1n) is 4.65. The van der Waals surface area contributed by atoms with Gasteiger partial charge in [-0.05, 0) is 29.7 Å². The topological polar surface area (TPSA) is 26.3 Å². The molecule has 0 radical (unpaired) electrons. The zero-order valence-electron chi connectivity index (χ0n) is 8.93. The average Bonchev–Trinajstić information content (AvgIpc) is 2.29. The lowest BCUT2D eigenvalue weighted by atomic mass is 10.1. The van der Waals surface area contributed by atoms with Crippen LogP contribution in [-0.2, 0) is 0 Å². The minimum Gasteiger partial charge on any atom is -0.497 e. The number of thioether (sulfide) groups is 1. The van der Waals surface area contributed by atoms with Gasteiger partial charge in [0.2, 0.25) is 0 Å². The number of carbonyl (C=O) groups is 1. The molecule has 0 amide bonds. The Bertz CT molecular complexity index is 396. The summed E-state index contributed by atoms with van der Waals surface area (Å²) in [6, 6.07) is 7.00. The van der Waals surface area contributed by atoms with Gasteiger partial charge in [0.05, 0.1) is 17.7 Å². The summed E-state index contributed by atoms with van der Waals surface area (Å²) in [5.74, 6) is 0.751. The van der Waals surface area contributed by atoms with Crippen molar-refractivity contribution >= 4 is 34.0 Å². The molecule has 1 aromatic carbocycles. The molecule has 0 N–H and O–H groups in total. The SMILES string of the molecule is C=CSC(=S)CC(=O)c1ccc(OC)cc1. The molecule has 0 aromatic heterocycles. The third-order valence-electron chi connectivity index (χ3n) is 1.93. The molecular weight excluding hydrogens is 240 g/mol. The van der Waals surface area contributed by atoms with Crippen molar-refractivity contribution in [3.05, 3.63) is 41.8 Å². The first-order chi connectivity index (χ1) is 7.67. The molecule has 0 aliphatic rings. The van der Waals surface area contributed by atoms with Gasteiger partial charge in [-0.25, -0.2) is 0 Å². The van der Waals surface area contributed by atoms with E-state index in [1.54, 1.807) is 36.8 Å². The number of benzene rings is 1. The maximum absolute atomic E-state index is 11.8. The van der Waals surface area contributed by atoms with Crippen molar-refractivity contribution in [3.8, 4) is 5.75 Å². The first-order valence-corrected chi connectivity index (χ1v) is 5.94. The highest BCUT2D eigenvalue weighted by Crippen LogP contribution is 2.15. The molecule has 0 bridgehead atoms. The molecule has 1 aromatic rings. The number of ether oxygens (including phenoxy) is 1. The maximum Gasteiger partial charge on any atom is 0.168 e. The standard InChI is InChI=1S/C12H12O2S2/c1-3-16-12(15)8-11(13)9-4-6-10(14-2)7-5-9/h3-7H,1,8H2,2H3. The van der Waals surface area contributed by atoms with Crippen molar-refractivity contribution < 1.29 is 9.53 Å². The summed E-state index contributed by atoms with van der Waals surface area (Å²) >= 11 is 6.34. The molecule has 1 rings (SSSR count). The normalized spacial score (nSPS) is 9.56. The van der Waals surface area contributed by atoms with E-state index in [0.29, 0.717) is 9.76 Å². The highest BCUT2D eigenvalue weighted by atomic mass is 32.2. The van der Waals surface area contributed by atoms with E-state index in [0.717, 1.165) is 5.75 Å². The summed E-state index contributed by atoms with van der Waals surface area (Å²) in [5, 5.41) is 1.63. The van der Waals surface area contributed by atoms with Crippen LogP contribution in [0.4, 0.5) is 0 Å². The van der Waals surface area contributed by atoms with E-state index in [-0.39, 0.29) is 12.2 Å². The number of carbonyl (C=O) groups excluding carboxylic acids is 1. The molecule has 0 unspecified atom stereocenters. The smallest absolute Gasteiger partial charge is 0.168 e. The third-order valence-corrected chi connectivity index (χ3v) is 2.94. The molecule has 84 valence electrons. The number of methoxy groups -OCH3 is 1. The molecule has 16 heavy (non-hydrogen) atoms. The van der Waals surface area contributed by atoms with Crippen molar-refractivity contribution in [3.63, 3.8) is 0 Å². The van der Waals surface area contributed by atoms with Crippen LogP contribution in [0.2, 0.25) is 0 Å². The summed E-state index contributed by atoms with van der Waals surface area (Å²) in [6.07, 6.45) is 0.262. The Hall–Kier alpha value is -1.13. The lowest BCUT2D eigenvalue weighted by molar-refractivity contribution is 0.100. The van der Waals surface area contributed by atoms with E-state index in [2.05, 4.69) is 6.58 Å². The van der Waals surface area contributed by atoms with Gasteiger partial charge in [0.1, 0.15) is 5.75 Å². The minimum absolute atomic E-state index is 0.0157. The van der Waals surface area contributed by atoms with Gasteiger partial charge in [-0.2, -0.15) is 0 Å². The molecule has 0 atom stereocenters. The first kappa shape index (κ1) is 12.9. The lowest BCUT2D eigenvalue weighted by Gasteiger charge is -2.02. The van der Waals surface area contributed by atoms with Crippen LogP contribution in [0.1, 0.15) is 16.8 Å². The molecule has 0 aliphatic heterocycles. The van der Waals surface area contributed by atoms with Crippen molar-refractivity contribution in [1.29, 1.82) is 0 Å². The highest BCUT2D eigenvalue weighted by Gasteiger charge is 2.08. The molecule has 4 heteroatoms. The molecule has 0 saturated carbocycles. The van der Waals surface area contributed by atoms with Gasteiger partial charge in [-0.3, -0.25) is 4.79 Å². The van der Waals surface area contributed by atoms with Gasteiger partial charge in [-0.1, -0.05) is 30.6 Å². The average molecular weight is 252 g/mol. The molecule has 0 saturated heterocycles. The summed E-state index contributed by atoms with van der Waals surface area (Å²) < 4.78 is 5.65. The number of Topliss-reactive ketones (excluding diaryl/α,β-unsaturated/α-hetero) is 1. The van der Waals surface area contributed by atoms with Crippen LogP contribution < -0.4 is 4.74 Å². The highest BCUT2D eigenvalue weighted by molar-refractivity contribution is 8.25. The van der Waals surface area contributed by atoms with Crippen LogP contribution >= 0.6 is 24.0 Å². The molecule has 0 aliphatic carbocycles. The van der Waals surface area contributed by atoms with Gasteiger partial charge in [0, 0.05) is 5.56 Å². The maximum atomic E-state index is 11.8. The van der Waals surface area contributed by atoms with Crippen LogP contribution in [0.25, 0.3) is 0 Å². The molecular formula is C12H12O2S2. The van der Waals surface area contributed by atoms with Gasteiger partial charge < -0.3 is 4.74 Å². The second-order valence-electron chi connectivity index (χ2n) is 2.98. The molecule has 0 spiro atoms. The van der Waals surface area contributed by atoms with Crippen LogP contribution in [-0.4, -0.2) is 17.1 Å². The Balaban J connectivity index is 2.65. The Morgan fingerprint density at radius 2 is 2.12 bits per heavy atom. The summed E-state index contributed by atoms with van der Waals surface area (Å²) in [6.45, 7) is 3.55. The predicted molar refractivity (Wildman–Crippen MR) is 72.3 cm³/mol. The number of thiocarbonyl (C=S) groups is 1. The van der Waals surface area contributed by atoms with Crippen LogP contribution in [0.5, 0.6) is 5.75 Å². The van der Waals surface area contributed by atoms with Crippen LogP contribution in [0.15, 0.2) is 36.3 Å². The van der Waals surface area contributed by atoms with Crippen LogP contribution in [0.3, 0.4) is 0 Å². The molecule has 0 heterocycles. The zero-order valence-corrected chi connectivity index (χ0v) is 10.6. The number of hydrogen-bond acceptors (Lipinski definition) is 4. The van der Waals surface area contributed by atoms with Crippen molar-refractivity contribution in [2.24, 2.45) is 0 Å². The predicted octanol–water partition coefficient (Wildman–Crippen LogP) is 3.47. The Kier molecular flexibility index (Phi) is 5.22. The second kappa shape index (κ2) is 6.45. The Morgan fingerprint density at radius 1 is 1.50 bits per heavy atom. The fourth-order valence-corrected chi connectivity index (χ4v) is 1.88. The van der Waals surface area contributed by atoms with E-state index in [1.807, 2.05) is 0 Å². The fourth-order valence-electron chi connectivity index (χ4n) is 1.14. The quantitative estimate of drug-likeness (QED) is 0.592. The van der Waals surface area contributed by atoms with E-state index >= 15 is 0 Å². The zero-order chi connectivity index (χ0) is 12.0. The monoisotopic (exact) mass is 252 g/mol. The number of ketones is 1.